The molecule has 2 aromatic rings. The number of hydrogen-bond acceptors (Lipinski definition) is 5. The number of ether oxygens (including phenoxy) is 2. The quantitative estimate of drug-likeness (QED) is 0.463. The minimum Gasteiger partial charge on any atom is -0.490 e. The number of aliphatic imine (C=N–C) groups is 1. The van der Waals surface area contributed by atoms with Crippen molar-refractivity contribution in [3.8, 4) is 11.5 Å². The van der Waals surface area contributed by atoms with Crippen LogP contribution in [0.3, 0.4) is 0 Å². The van der Waals surface area contributed by atoms with Crippen LogP contribution in [0.25, 0.3) is 6.08 Å². The molecule has 0 fully saturated rings. The monoisotopic (exact) mass is 542 g/mol. The predicted octanol–water partition coefficient (Wildman–Crippen LogP) is 5.84. The van der Waals surface area contributed by atoms with Crippen molar-refractivity contribution in [3.63, 3.8) is 0 Å². The molecule has 31 heavy (non-hydrogen) atoms. The van der Waals surface area contributed by atoms with E-state index in [1.54, 1.807) is 36.4 Å². The van der Waals surface area contributed by atoms with Gasteiger partial charge in [-0.05, 0) is 70.5 Å². The lowest BCUT2D eigenvalue weighted by molar-refractivity contribution is -0.117. The summed E-state index contributed by atoms with van der Waals surface area (Å²) < 4.78 is 12.4. The molecule has 0 saturated carbocycles. The van der Waals surface area contributed by atoms with Gasteiger partial charge in [-0.2, -0.15) is 4.99 Å². The summed E-state index contributed by atoms with van der Waals surface area (Å²) in [5.41, 5.74) is 1.49. The van der Waals surface area contributed by atoms with Gasteiger partial charge in [-0.1, -0.05) is 29.3 Å². The zero-order chi connectivity index (χ0) is 22.5. The number of carbonyl (C=O) groups excluding carboxylic acids is 2. The number of rotatable bonds is 6. The second kappa shape index (κ2) is 10.5. The van der Waals surface area contributed by atoms with Gasteiger partial charge in [0, 0.05) is 22.5 Å². The molecular formula is C21H17BrCl2N2O4S. The first-order valence-corrected chi connectivity index (χ1v) is 11.5. The molecule has 1 N–H and O–H groups in total. The Bertz CT molecular complexity index is 1110. The normalized spacial score (nSPS) is 14.5. The summed E-state index contributed by atoms with van der Waals surface area (Å²) in [6.45, 7) is 3.87. The summed E-state index contributed by atoms with van der Waals surface area (Å²) in [6.07, 6.45) is 1.68. The van der Waals surface area contributed by atoms with E-state index in [-0.39, 0.29) is 17.7 Å². The van der Waals surface area contributed by atoms with Crippen LogP contribution >= 0.6 is 50.9 Å². The predicted molar refractivity (Wildman–Crippen MR) is 128 cm³/mol. The lowest BCUT2D eigenvalue weighted by Crippen LogP contribution is -2.23. The number of thioether (sulfide) groups is 1. The SMILES string of the molecule is CCOc1cc(/C=C2\SC(NC(C)=O)=NC2=O)cc(Br)c1OCc1ccc(Cl)cc1Cl. The van der Waals surface area contributed by atoms with Gasteiger partial charge >= 0.3 is 0 Å². The van der Waals surface area contributed by atoms with Crippen LogP contribution in [0.4, 0.5) is 0 Å². The molecule has 0 aromatic heterocycles. The van der Waals surface area contributed by atoms with E-state index in [1.807, 2.05) is 6.92 Å². The molecule has 2 aromatic carbocycles. The smallest absolute Gasteiger partial charge is 0.286 e. The molecule has 10 heteroatoms. The van der Waals surface area contributed by atoms with Crippen LogP contribution < -0.4 is 14.8 Å². The molecule has 0 unspecified atom stereocenters. The van der Waals surface area contributed by atoms with Gasteiger partial charge in [0.15, 0.2) is 16.7 Å². The first-order chi connectivity index (χ1) is 14.8. The van der Waals surface area contributed by atoms with Gasteiger partial charge in [-0.3, -0.25) is 9.59 Å². The van der Waals surface area contributed by atoms with Crippen LogP contribution in [-0.4, -0.2) is 23.6 Å². The molecule has 1 aliphatic rings. The molecule has 6 nitrogen and oxygen atoms in total. The highest BCUT2D eigenvalue weighted by Crippen LogP contribution is 2.39. The number of halogens is 3. The fourth-order valence-electron chi connectivity index (χ4n) is 2.63. The summed E-state index contributed by atoms with van der Waals surface area (Å²) in [5, 5.41) is 3.83. The molecule has 0 aliphatic carbocycles. The highest BCUT2D eigenvalue weighted by molar-refractivity contribution is 9.10. The van der Waals surface area contributed by atoms with Gasteiger partial charge in [-0.15, -0.1) is 0 Å². The van der Waals surface area contributed by atoms with E-state index < -0.39 is 5.91 Å². The molecule has 0 saturated heterocycles. The highest BCUT2D eigenvalue weighted by atomic mass is 79.9. The minimum absolute atomic E-state index is 0.220. The van der Waals surface area contributed by atoms with E-state index in [0.29, 0.717) is 43.1 Å². The molecule has 3 rings (SSSR count). The Morgan fingerprint density at radius 3 is 2.71 bits per heavy atom. The van der Waals surface area contributed by atoms with Crippen LogP contribution in [0.15, 0.2) is 44.7 Å². The van der Waals surface area contributed by atoms with Gasteiger partial charge < -0.3 is 14.8 Å². The average Bonchev–Trinajstić information content (AvgIpc) is 3.00. The van der Waals surface area contributed by atoms with Crippen LogP contribution in [0.5, 0.6) is 11.5 Å². The molecule has 0 bridgehead atoms. The third-order valence-corrected chi connectivity index (χ3v) is 6.00. The second-order valence-electron chi connectivity index (χ2n) is 6.30. The van der Waals surface area contributed by atoms with Crippen molar-refractivity contribution in [2.45, 2.75) is 20.5 Å². The van der Waals surface area contributed by atoms with Gasteiger partial charge in [0.2, 0.25) is 5.91 Å². The summed E-state index contributed by atoms with van der Waals surface area (Å²) in [4.78, 5) is 27.5. The fraction of sp³-hybridized carbons (Fsp3) is 0.190. The molecule has 0 radical (unpaired) electrons. The lowest BCUT2D eigenvalue weighted by atomic mass is 10.1. The van der Waals surface area contributed by atoms with Crippen molar-refractivity contribution in [1.82, 2.24) is 5.32 Å². The van der Waals surface area contributed by atoms with E-state index in [0.717, 1.165) is 17.3 Å². The Hall–Kier alpha value is -2.00. The maximum atomic E-state index is 12.1. The van der Waals surface area contributed by atoms with Crippen LogP contribution in [0, 0.1) is 0 Å². The molecular weight excluding hydrogens is 527 g/mol. The van der Waals surface area contributed by atoms with E-state index >= 15 is 0 Å². The van der Waals surface area contributed by atoms with E-state index in [2.05, 4.69) is 26.2 Å². The molecule has 162 valence electrons. The third-order valence-electron chi connectivity index (χ3n) is 3.92. The molecule has 1 heterocycles. The summed E-state index contributed by atoms with van der Waals surface area (Å²) >= 11 is 16.8. The first-order valence-electron chi connectivity index (χ1n) is 9.10. The number of hydrogen-bond donors (Lipinski definition) is 1. The first kappa shape index (κ1) is 23.7. The zero-order valence-electron chi connectivity index (χ0n) is 16.5. The van der Waals surface area contributed by atoms with Crippen molar-refractivity contribution >= 4 is 74.0 Å². The van der Waals surface area contributed by atoms with Crippen molar-refractivity contribution in [2.75, 3.05) is 6.61 Å². The Morgan fingerprint density at radius 2 is 2.03 bits per heavy atom. The lowest BCUT2D eigenvalue weighted by Gasteiger charge is -2.15. The van der Waals surface area contributed by atoms with Crippen molar-refractivity contribution < 1.29 is 19.1 Å². The van der Waals surface area contributed by atoms with E-state index in [1.165, 1.54) is 6.92 Å². The van der Waals surface area contributed by atoms with Gasteiger partial charge in [0.1, 0.15) is 6.61 Å². The standard InChI is InChI=1S/C21H17BrCl2N2O4S/c1-3-29-17-7-12(8-18-20(28)26-21(31-18)25-11(2)27)6-15(22)19(17)30-10-13-4-5-14(23)9-16(13)24/h4-9H,3,10H2,1-2H3,(H,25,26,27,28)/b18-8-. The Labute approximate surface area is 202 Å². The highest BCUT2D eigenvalue weighted by Gasteiger charge is 2.23. The maximum Gasteiger partial charge on any atom is 0.286 e. The molecule has 1 aliphatic heterocycles. The number of amidine groups is 1. The minimum atomic E-state index is -0.416. The van der Waals surface area contributed by atoms with E-state index in [9.17, 15) is 9.59 Å². The molecule has 0 atom stereocenters. The molecule has 2 amide bonds. The van der Waals surface area contributed by atoms with Gasteiger partial charge in [-0.25, -0.2) is 0 Å². The molecule has 0 spiro atoms. The Balaban J connectivity index is 1.83. The Kier molecular flexibility index (Phi) is 8.05. The summed E-state index contributed by atoms with van der Waals surface area (Å²) in [7, 11) is 0. The van der Waals surface area contributed by atoms with Crippen LogP contribution in [0.2, 0.25) is 10.0 Å². The van der Waals surface area contributed by atoms with E-state index in [4.69, 9.17) is 32.7 Å². The largest absolute Gasteiger partial charge is 0.490 e. The zero-order valence-corrected chi connectivity index (χ0v) is 20.4. The maximum absolute atomic E-state index is 12.1. The van der Waals surface area contributed by atoms with Crippen molar-refractivity contribution in [3.05, 3.63) is 60.9 Å². The number of nitrogens with one attached hydrogen (secondary N) is 1. The Morgan fingerprint density at radius 1 is 1.26 bits per heavy atom. The van der Waals surface area contributed by atoms with Crippen LogP contribution in [-0.2, 0) is 16.2 Å². The van der Waals surface area contributed by atoms with Crippen LogP contribution in [0.1, 0.15) is 25.0 Å². The van der Waals surface area contributed by atoms with Gasteiger partial charge in [0.05, 0.1) is 16.0 Å². The number of amides is 2. The van der Waals surface area contributed by atoms with Crippen molar-refractivity contribution in [2.24, 2.45) is 4.99 Å². The number of carbonyl (C=O) groups is 2. The number of benzene rings is 2. The van der Waals surface area contributed by atoms with Crippen molar-refractivity contribution in [1.29, 1.82) is 0 Å². The third kappa shape index (κ3) is 6.26. The fourth-order valence-corrected chi connectivity index (χ4v) is 4.52. The second-order valence-corrected chi connectivity index (χ2v) is 9.03. The average molecular weight is 544 g/mol. The summed E-state index contributed by atoms with van der Waals surface area (Å²) in [5.74, 6) is 0.312. The number of nitrogens with zero attached hydrogens (tertiary/aromatic N) is 1. The summed E-state index contributed by atoms with van der Waals surface area (Å²) in [6, 6.07) is 8.77. The topological polar surface area (TPSA) is 77.0 Å². The van der Waals surface area contributed by atoms with Gasteiger partial charge in [0.25, 0.3) is 5.91 Å².